The minimum absolute atomic E-state index is 0.0793. The van der Waals surface area contributed by atoms with Crippen molar-refractivity contribution in [1.82, 2.24) is 9.97 Å². The molecule has 0 saturated heterocycles. The Balaban J connectivity index is 2.11. The van der Waals surface area contributed by atoms with Crippen LogP contribution >= 0.6 is 0 Å². The van der Waals surface area contributed by atoms with Crippen molar-refractivity contribution in [1.29, 1.82) is 0 Å². The van der Waals surface area contributed by atoms with Gasteiger partial charge in [0, 0.05) is 24.4 Å². The lowest BCUT2D eigenvalue weighted by Crippen LogP contribution is -2.43. The molecule has 1 fully saturated rings. The molecule has 0 atom stereocenters. The van der Waals surface area contributed by atoms with E-state index in [9.17, 15) is 4.79 Å². The number of ketones is 1. The average molecular weight is 249 g/mol. The van der Waals surface area contributed by atoms with Crippen LogP contribution in [0.15, 0.2) is 12.4 Å². The molecule has 2 rings (SSSR count). The van der Waals surface area contributed by atoms with Crippen LogP contribution < -0.4 is 10.5 Å². The molecule has 0 amide bonds. The molecular formula is C13H19N3O2. The number of aromatic nitrogens is 2. The molecule has 1 aromatic rings. The van der Waals surface area contributed by atoms with Gasteiger partial charge in [-0.05, 0) is 12.8 Å². The van der Waals surface area contributed by atoms with E-state index in [0.717, 1.165) is 25.7 Å². The summed E-state index contributed by atoms with van der Waals surface area (Å²) in [6.45, 7) is 0. The number of hydrogen-bond donors (Lipinski definition) is 1. The zero-order valence-corrected chi connectivity index (χ0v) is 10.7. The summed E-state index contributed by atoms with van der Waals surface area (Å²) in [5.74, 6) is 0.200. The van der Waals surface area contributed by atoms with Crippen LogP contribution in [0, 0.1) is 0 Å². The van der Waals surface area contributed by atoms with Crippen LogP contribution in [-0.4, -0.2) is 28.4 Å². The van der Waals surface area contributed by atoms with E-state index in [1.807, 2.05) is 0 Å². The molecule has 1 heterocycles. The van der Waals surface area contributed by atoms with Gasteiger partial charge in [-0.3, -0.25) is 4.79 Å². The molecule has 5 nitrogen and oxygen atoms in total. The number of rotatable bonds is 4. The van der Waals surface area contributed by atoms with Crippen LogP contribution in [0.25, 0.3) is 0 Å². The zero-order chi connectivity index (χ0) is 13.0. The van der Waals surface area contributed by atoms with Crippen molar-refractivity contribution in [3.05, 3.63) is 18.1 Å². The van der Waals surface area contributed by atoms with Crippen molar-refractivity contribution in [2.45, 2.75) is 44.1 Å². The monoisotopic (exact) mass is 249 g/mol. The van der Waals surface area contributed by atoms with E-state index < -0.39 is 0 Å². The van der Waals surface area contributed by atoms with Gasteiger partial charge in [0.25, 0.3) is 0 Å². The fraction of sp³-hybridized carbons (Fsp3) is 0.615. The van der Waals surface area contributed by atoms with E-state index in [1.165, 1.54) is 25.9 Å². The normalized spacial score (nSPS) is 18.3. The number of nitrogens with two attached hydrogens (primary N) is 1. The maximum absolute atomic E-state index is 12.2. The van der Waals surface area contributed by atoms with Crippen molar-refractivity contribution < 1.29 is 9.53 Å². The summed E-state index contributed by atoms with van der Waals surface area (Å²) in [5, 5.41) is 0. The second kappa shape index (κ2) is 5.44. The number of carbonyl (C=O) groups is 1. The third kappa shape index (κ3) is 2.85. The molecule has 98 valence electrons. The Hall–Kier alpha value is -1.49. The third-order valence-corrected chi connectivity index (χ3v) is 3.48. The highest BCUT2D eigenvalue weighted by molar-refractivity contribution is 5.96. The Kier molecular flexibility index (Phi) is 3.91. The van der Waals surface area contributed by atoms with Crippen molar-refractivity contribution in [2.75, 3.05) is 7.11 Å². The Morgan fingerprint density at radius 3 is 2.67 bits per heavy atom. The molecule has 1 aromatic heterocycles. The van der Waals surface area contributed by atoms with Crippen LogP contribution in [0.5, 0.6) is 5.88 Å². The predicted octanol–water partition coefficient (Wildman–Crippen LogP) is 1.72. The molecule has 0 unspecified atom stereocenters. The van der Waals surface area contributed by atoms with Crippen LogP contribution in [0.4, 0.5) is 0 Å². The van der Waals surface area contributed by atoms with E-state index in [4.69, 9.17) is 10.5 Å². The van der Waals surface area contributed by atoms with Crippen LogP contribution in [0.3, 0.4) is 0 Å². The standard InChI is InChI=1S/C13H19N3O2/c1-18-12-11(15-7-8-16-12)10(17)9-13(14)5-3-2-4-6-13/h7-8H,2-6,9,14H2,1H3. The number of carbonyl (C=O) groups excluding carboxylic acids is 1. The molecule has 0 spiro atoms. The van der Waals surface area contributed by atoms with Gasteiger partial charge in [-0.25, -0.2) is 9.97 Å². The maximum atomic E-state index is 12.2. The Morgan fingerprint density at radius 2 is 2.00 bits per heavy atom. The minimum Gasteiger partial charge on any atom is -0.479 e. The molecule has 1 saturated carbocycles. The van der Waals surface area contributed by atoms with Gasteiger partial charge >= 0.3 is 0 Å². The smallest absolute Gasteiger partial charge is 0.243 e. The first kappa shape index (κ1) is 13.0. The molecule has 0 radical (unpaired) electrons. The Bertz CT molecular complexity index is 428. The first-order chi connectivity index (χ1) is 8.64. The van der Waals surface area contributed by atoms with E-state index in [-0.39, 0.29) is 22.9 Å². The molecule has 0 bridgehead atoms. The van der Waals surface area contributed by atoms with Crippen molar-refractivity contribution in [3.63, 3.8) is 0 Å². The summed E-state index contributed by atoms with van der Waals surface area (Å²) in [6, 6.07) is 0. The van der Waals surface area contributed by atoms with Gasteiger partial charge in [0.2, 0.25) is 5.88 Å². The van der Waals surface area contributed by atoms with Crippen molar-refractivity contribution in [3.8, 4) is 5.88 Å². The molecule has 1 aliphatic rings. The van der Waals surface area contributed by atoms with Gasteiger partial charge in [0.1, 0.15) is 0 Å². The molecule has 0 aromatic carbocycles. The molecule has 1 aliphatic carbocycles. The van der Waals surface area contributed by atoms with Crippen LogP contribution in [-0.2, 0) is 0 Å². The second-order valence-electron chi connectivity index (χ2n) is 4.94. The summed E-state index contributed by atoms with van der Waals surface area (Å²) in [6.07, 6.45) is 8.54. The van der Waals surface area contributed by atoms with Gasteiger partial charge < -0.3 is 10.5 Å². The van der Waals surface area contributed by atoms with E-state index in [0.29, 0.717) is 6.42 Å². The fourth-order valence-electron chi connectivity index (χ4n) is 2.50. The van der Waals surface area contributed by atoms with Crippen molar-refractivity contribution in [2.24, 2.45) is 5.73 Å². The average Bonchev–Trinajstić information content (AvgIpc) is 2.39. The number of hydrogen-bond acceptors (Lipinski definition) is 5. The lowest BCUT2D eigenvalue weighted by Gasteiger charge is -2.32. The number of methoxy groups -OCH3 is 1. The van der Waals surface area contributed by atoms with Crippen LogP contribution in [0.1, 0.15) is 49.0 Å². The van der Waals surface area contributed by atoms with Crippen LogP contribution in [0.2, 0.25) is 0 Å². The summed E-state index contributed by atoms with van der Waals surface area (Å²) in [5.41, 5.74) is 6.19. The Morgan fingerprint density at radius 1 is 1.33 bits per heavy atom. The quantitative estimate of drug-likeness (QED) is 0.822. The minimum atomic E-state index is -0.377. The zero-order valence-electron chi connectivity index (χ0n) is 10.7. The molecule has 18 heavy (non-hydrogen) atoms. The first-order valence-electron chi connectivity index (χ1n) is 6.32. The lowest BCUT2D eigenvalue weighted by molar-refractivity contribution is 0.0925. The number of nitrogens with zero attached hydrogens (tertiary/aromatic N) is 2. The molecule has 0 aliphatic heterocycles. The van der Waals surface area contributed by atoms with E-state index >= 15 is 0 Å². The number of ether oxygens (including phenoxy) is 1. The lowest BCUT2D eigenvalue weighted by atomic mass is 9.79. The SMILES string of the molecule is COc1nccnc1C(=O)CC1(N)CCCCC1. The van der Waals surface area contributed by atoms with Gasteiger partial charge in [-0.1, -0.05) is 19.3 Å². The Labute approximate surface area is 107 Å². The molecule has 5 heteroatoms. The van der Waals surface area contributed by atoms with Gasteiger partial charge in [0.15, 0.2) is 11.5 Å². The number of Topliss-reactive ketones (excluding diaryl/α,β-unsaturated/α-hetero) is 1. The molecular weight excluding hydrogens is 230 g/mol. The van der Waals surface area contributed by atoms with Gasteiger partial charge in [-0.2, -0.15) is 0 Å². The summed E-state index contributed by atoms with van der Waals surface area (Å²) in [7, 11) is 1.49. The highest BCUT2D eigenvalue weighted by Crippen LogP contribution is 2.30. The van der Waals surface area contributed by atoms with Gasteiger partial charge in [-0.15, -0.1) is 0 Å². The highest BCUT2D eigenvalue weighted by atomic mass is 16.5. The van der Waals surface area contributed by atoms with Crippen molar-refractivity contribution >= 4 is 5.78 Å². The predicted molar refractivity (Wildman–Crippen MR) is 67.5 cm³/mol. The van der Waals surface area contributed by atoms with E-state index in [1.54, 1.807) is 0 Å². The third-order valence-electron chi connectivity index (χ3n) is 3.48. The van der Waals surface area contributed by atoms with E-state index in [2.05, 4.69) is 9.97 Å². The maximum Gasteiger partial charge on any atom is 0.243 e. The van der Waals surface area contributed by atoms with Gasteiger partial charge in [0.05, 0.1) is 7.11 Å². The topological polar surface area (TPSA) is 78.1 Å². The first-order valence-corrected chi connectivity index (χ1v) is 6.32. The largest absolute Gasteiger partial charge is 0.479 e. The summed E-state index contributed by atoms with van der Waals surface area (Å²) in [4.78, 5) is 20.3. The molecule has 2 N–H and O–H groups in total. The fourth-order valence-corrected chi connectivity index (χ4v) is 2.50. The summed E-state index contributed by atoms with van der Waals surface area (Å²) >= 11 is 0. The highest BCUT2D eigenvalue weighted by Gasteiger charge is 2.31. The second-order valence-corrected chi connectivity index (χ2v) is 4.94. The summed E-state index contributed by atoms with van der Waals surface area (Å²) < 4.78 is 5.05.